The highest BCUT2D eigenvalue weighted by Gasteiger charge is 2.36. The first kappa shape index (κ1) is 16.3. The fraction of sp³-hybridized carbons (Fsp3) is 0.294. The number of aromatic nitrogens is 1. The first-order valence-corrected chi connectivity index (χ1v) is 7.39. The molecular weight excluding hydrogens is 319 g/mol. The lowest BCUT2D eigenvalue weighted by Gasteiger charge is -2.34. The monoisotopic (exact) mass is 333 g/mol. The van der Waals surface area contributed by atoms with Gasteiger partial charge in [-0.1, -0.05) is 24.3 Å². The highest BCUT2D eigenvalue weighted by atomic mass is 19.4. The molecule has 1 aliphatic rings. The van der Waals surface area contributed by atoms with Crippen molar-refractivity contribution in [2.75, 3.05) is 24.6 Å². The van der Waals surface area contributed by atoms with Gasteiger partial charge in [-0.2, -0.15) is 18.4 Å². The molecule has 0 saturated carbocycles. The number of ether oxygens (including phenoxy) is 1. The van der Waals surface area contributed by atoms with Gasteiger partial charge in [0.25, 0.3) is 0 Å². The Balaban J connectivity index is 1.88. The van der Waals surface area contributed by atoms with Gasteiger partial charge in [-0.15, -0.1) is 0 Å². The maximum Gasteiger partial charge on any atom is 0.416 e. The summed E-state index contributed by atoms with van der Waals surface area (Å²) in [5, 5.41) is 8.94. The number of nitrogens with zero attached hydrogens (tertiary/aromatic N) is 3. The molecule has 0 amide bonds. The molecule has 0 bridgehead atoms. The standard InChI is InChI=1S/C17H14F3N3O/c18-17(19,20)14-6-2-1-5-13(14)15-11-23(8-9-24-15)16-7-3-4-12(10-21)22-16/h1-7,15H,8-9,11H2. The van der Waals surface area contributed by atoms with Crippen LogP contribution < -0.4 is 4.90 Å². The van der Waals surface area contributed by atoms with E-state index in [0.717, 1.165) is 6.07 Å². The van der Waals surface area contributed by atoms with Crippen molar-refractivity contribution in [1.29, 1.82) is 5.26 Å². The van der Waals surface area contributed by atoms with Crippen LogP contribution in [-0.2, 0) is 10.9 Å². The molecule has 124 valence electrons. The predicted octanol–water partition coefficient (Wildman–Crippen LogP) is 3.55. The van der Waals surface area contributed by atoms with E-state index in [1.165, 1.54) is 12.1 Å². The Kier molecular flexibility index (Phi) is 4.40. The van der Waals surface area contributed by atoms with Gasteiger partial charge in [0.05, 0.1) is 12.2 Å². The lowest BCUT2D eigenvalue weighted by atomic mass is 10.0. The number of alkyl halides is 3. The number of hydrogen-bond donors (Lipinski definition) is 0. The molecule has 2 aromatic rings. The van der Waals surface area contributed by atoms with Gasteiger partial charge < -0.3 is 9.64 Å². The van der Waals surface area contributed by atoms with Crippen LogP contribution in [0.25, 0.3) is 0 Å². The zero-order valence-corrected chi connectivity index (χ0v) is 12.6. The van der Waals surface area contributed by atoms with E-state index in [2.05, 4.69) is 4.98 Å². The van der Waals surface area contributed by atoms with Crippen molar-refractivity contribution < 1.29 is 17.9 Å². The first-order chi connectivity index (χ1) is 11.5. The second-order valence-electron chi connectivity index (χ2n) is 5.38. The van der Waals surface area contributed by atoms with Crippen LogP contribution >= 0.6 is 0 Å². The van der Waals surface area contributed by atoms with Crippen LogP contribution in [0.3, 0.4) is 0 Å². The zero-order chi connectivity index (χ0) is 17.2. The minimum absolute atomic E-state index is 0.117. The van der Waals surface area contributed by atoms with Crippen LogP contribution in [0.5, 0.6) is 0 Å². The van der Waals surface area contributed by atoms with E-state index in [9.17, 15) is 13.2 Å². The molecule has 0 spiro atoms. The average Bonchev–Trinajstić information content (AvgIpc) is 2.61. The molecule has 1 fully saturated rings. The van der Waals surface area contributed by atoms with E-state index in [-0.39, 0.29) is 24.4 Å². The Morgan fingerprint density at radius 3 is 2.71 bits per heavy atom. The van der Waals surface area contributed by atoms with E-state index in [1.54, 1.807) is 24.3 Å². The van der Waals surface area contributed by atoms with Crippen molar-refractivity contribution in [3.05, 3.63) is 59.3 Å². The maximum atomic E-state index is 13.2. The van der Waals surface area contributed by atoms with Gasteiger partial charge in [0.2, 0.25) is 0 Å². The summed E-state index contributed by atoms with van der Waals surface area (Å²) in [6.07, 6.45) is -5.13. The van der Waals surface area contributed by atoms with Crippen molar-refractivity contribution in [2.24, 2.45) is 0 Å². The Bertz CT molecular complexity index is 770. The van der Waals surface area contributed by atoms with Crippen molar-refractivity contribution >= 4 is 5.82 Å². The van der Waals surface area contributed by atoms with E-state index in [1.807, 2.05) is 11.0 Å². The second kappa shape index (κ2) is 6.49. The van der Waals surface area contributed by atoms with Gasteiger partial charge in [0, 0.05) is 13.1 Å². The number of hydrogen-bond acceptors (Lipinski definition) is 4. The Morgan fingerprint density at radius 2 is 1.96 bits per heavy atom. The first-order valence-electron chi connectivity index (χ1n) is 7.39. The summed E-state index contributed by atoms with van der Waals surface area (Å²) in [5.74, 6) is 0.562. The lowest BCUT2D eigenvalue weighted by molar-refractivity contribution is -0.139. The van der Waals surface area contributed by atoms with Crippen molar-refractivity contribution in [3.63, 3.8) is 0 Å². The number of nitriles is 1. The number of pyridine rings is 1. The summed E-state index contributed by atoms with van der Waals surface area (Å²) in [6, 6.07) is 12.4. The van der Waals surface area contributed by atoms with E-state index < -0.39 is 17.8 Å². The molecule has 1 aliphatic heterocycles. The normalized spacial score (nSPS) is 18.2. The number of anilines is 1. The van der Waals surface area contributed by atoms with E-state index in [0.29, 0.717) is 12.4 Å². The van der Waals surface area contributed by atoms with Gasteiger partial charge in [-0.3, -0.25) is 0 Å². The largest absolute Gasteiger partial charge is 0.416 e. The highest BCUT2D eigenvalue weighted by Crippen LogP contribution is 2.37. The van der Waals surface area contributed by atoms with Crippen LogP contribution in [0.2, 0.25) is 0 Å². The van der Waals surface area contributed by atoms with Crippen molar-refractivity contribution in [1.82, 2.24) is 4.98 Å². The second-order valence-corrected chi connectivity index (χ2v) is 5.38. The molecule has 1 atom stereocenters. The summed E-state index contributed by atoms with van der Waals surface area (Å²) in [5.41, 5.74) is -0.298. The quantitative estimate of drug-likeness (QED) is 0.843. The Labute approximate surface area is 137 Å². The fourth-order valence-corrected chi connectivity index (χ4v) is 2.74. The predicted molar refractivity (Wildman–Crippen MR) is 81.3 cm³/mol. The topological polar surface area (TPSA) is 49.2 Å². The van der Waals surface area contributed by atoms with Crippen LogP contribution in [0.1, 0.15) is 22.9 Å². The van der Waals surface area contributed by atoms with E-state index in [4.69, 9.17) is 10.00 Å². The molecule has 2 heterocycles. The van der Waals surface area contributed by atoms with Gasteiger partial charge in [0.15, 0.2) is 0 Å². The summed E-state index contributed by atoms with van der Waals surface area (Å²) in [7, 11) is 0. The summed E-state index contributed by atoms with van der Waals surface area (Å²) >= 11 is 0. The summed E-state index contributed by atoms with van der Waals surface area (Å²) in [4.78, 5) is 6.04. The molecular formula is C17H14F3N3O. The Hall–Kier alpha value is -2.59. The molecule has 3 rings (SSSR count). The SMILES string of the molecule is N#Cc1cccc(N2CCOC(c3ccccc3C(F)(F)F)C2)n1. The molecule has 24 heavy (non-hydrogen) atoms. The molecule has 0 N–H and O–H groups in total. The average molecular weight is 333 g/mol. The molecule has 1 saturated heterocycles. The lowest BCUT2D eigenvalue weighted by Crippen LogP contribution is -2.39. The molecule has 7 heteroatoms. The van der Waals surface area contributed by atoms with Crippen LogP contribution in [0.4, 0.5) is 19.0 Å². The summed E-state index contributed by atoms with van der Waals surface area (Å²) in [6.45, 7) is 1.04. The van der Waals surface area contributed by atoms with Crippen LogP contribution in [-0.4, -0.2) is 24.7 Å². The van der Waals surface area contributed by atoms with Crippen molar-refractivity contribution in [3.8, 4) is 6.07 Å². The van der Waals surface area contributed by atoms with Crippen molar-refractivity contribution in [2.45, 2.75) is 12.3 Å². The van der Waals surface area contributed by atoms with Gasteiger partial charge in [-0.25, -0.2) is 4.98 Å². The molecule has 1 aromatic heterocycles. The minimum Gasteiger partial charge on any atom is -0.370 e. The fourth-order valence-electron chi connectivity index (χ4n) is 2.74. The molecule has 0 radical (unpaired) electrons. The van der Waals surface area contributed by atoms with Gasteiger partial charge in [-0.05, 0) is 23.8 Å². The summed E-state index contributed by atoms with van der Waals surface area (Å²) < 4.78 is 45.2. The molecule has 0 aliphatic carbocycles. The third-order valence-electron chi connectivity index (χ3n) is 3.85. The number of halogens is 3. The van der Waals surface area contributed by atoms with Gasteiger partial charge in [0.1, 0.15) is 23.7 Å². The Morgan fingerprint density at radius 1 is 1.17 bits per heavy atom. The molecule has 4 nitrogen and oxygen atoms in total. The molecule has 1 aromatic carbocycles. The third kappa shape index (κ3) is 3.34. The van der Waals surface area contributed by atoms with E-state index >= 15 is 0 Å². The maximum absolute atomic E-state index is 13.2. The molecule has 1 unspecified atom stereocenters. The number of morpholine rings is 1. The van der Waals surface area contributed by atoms with Crippen LogP contribution in [0, 0.1) is 11.3 Å². The number of rotatable bonds is 2. The highest BCUT2D eigenvalue weighted by molar-refractivity contribution is 5.43. The van der Waals surface area contributed by atoms with Gasteiger partial charge >= 0.3 is 6.18 Å². The number of benzene rings is 1. The minimum atomic E-state index is -4.43. The van der Waals surface area contributed by atoms with Crippen LogP contribution in [0.15, 0.2) is 42.5 Å². The third-order valence-corrected chi connectivity index (χ3v) is 3.85. The smallest absolute Gasteiger partial charge is 0.370 e. The zero-order valence-electron chi connectivity index (χ0n) is 12.6.